The van der Waals surface area contributed by atoms with Crippen LogP contribution in [-0.2, 0) is 11.2 Å². The van der Waals surface area contributed by atoms with Crippen LogP contribution in [0.1, 0.15) is 24.3 Å². The van der Waals surface area contributed by atoms with Crippen molar-refractivity contribution in [1.82, 2.24) is 20.4 Å². The van der Waals surface area contributed by atoms with Gasteiger partial charge in [0.1, 0.15) is 11.6 Å². The van der Waals surface area contributed by atoms with E-state index in [0.29, 0.717) is 5.76 Å². The molecule has 22 heavy (non-hydrogen) atoms. The second kappa shape index (κ2) is 6.55. The number of carbonyl (C=O) groups is 1. The first-order valence-electron chi connectivity index (χ1n) is 7.43. The van der Waals surface area contributed by atoms with E-state index in [0.717, 1.165) is 37.4 Å². The fourth-order valence-electron chi connectivity index (χ4n) is 2.69. The molecule has 2 aromatic heterocycles. The van der Waals surface area contributed by atoms with Crippen LogP contribution in [0, 0.1) is 6.92 Å². The third-order valence-corrected chi connectivity index (χ3v) is 3.67. The van der Waals surface area contributed by atoms with Crippen LogP contribution in [0.15, 0.2) is 29.2 Å². The quantitative estimate of drug-likeness (QED) is 0.910. The van der Waals surface area contributed by atoms with E-state index in [1.807, 2.05) is 6.92 Å². The summed E-state index contributed by atoms with van der Waals surface area (Å²) in [5, 5.41) is 6.85. The Kier molecular flexibility index (Phi) is 4.32. The van der Waals surface area contributed by atoms with Gasteiger partial charge >= 0.3 is 0 Å². The van der Waals surface area contributed by atoms with Crippen molar-refractivity contribution in [1.29, 1.82) is 0 Å². The Bertz CT molecular complexity index is 628. The van der Waals surface area contributed by atoms with Gasteiger partial charge in [-0.25, -0.2) is 4.98 Å². The Morgan fingerprint density at radius 3 is 3.14 bits per heavy atom. The summed E-state index contributed by atoms with van der Waals surface area (Å²) >= 11 is 0. The highest BCUT2D eigenvalue weighted by atomic mass is 16.5. The number of amides is 1. The Morgan fingerprint density at radius 1 is 1.50 bits per heavy atom. The van der Waals surface area contributed by atoms with E-state index < -0.39 is 0 Å². The predicted octanol–water partition coefficient (Wildman–Crippen LogP) is 1.10. The number of carbonyl (C=O) groups excluding carboxylic acids is 1. The zero-order valence-corrected chi connectivity index (χ0v) is 12.5. The molecule has 7 nitrogen and oxygen atoms in total. The Balaban J connectivity index is 1.55. The van der Waals surface area contributed by atoms with Crippen LogP contribution in [0.2, 0.25) is 0 Å². The largest absolute Gasteiger partial charge is 0.361 e. The first kappa shape index (κ1) is 14.5. The number of hydrogen-bond donors (Lipinski definition) is 1. The lowest BCUT2D eigenvalue weighted by atomic mass is 10.1. The van der Waals surface area contributed by atoms with Gasteiger partial charge in [-0.1, -0.05) is 5.16 Å². The van der Waals surface area contributed by atoms with Gasteiger partial charge in [0.25, 0.3) is 0 Å². The van der Waals surface area contributed by atoms with Crippen molar-refractivity contribution in [3.05, 3.63) is 36.1 Å². The number of hydrogen-bond acceptors (Lipinski definition) is 6. The SMILES string of the molecule is Cc1cc(CC(=O)NC2CCCN(c3cnccn3)C2)on1. The molecule has 0 bridgehead atoms. The minimum Gasteiger partial charge on any atom is -0.361 e. The molecule has 3 heterocycles. The van der Waals surface area contributed by atoms with Gasteiger partial charge in [-0.2, -0.15) is 0 Å². The van der Waals surface area contributed by atoms with Crippen LogP contribution in [0.3, 0.4) is 0 Å². The molecule has 3 rings (SSSR count). The third-order valence-electron chi connectivity index (χ3n) is 3.67. The molecule has 1 aliphatic rings. The number of piperidine rings is 1. The molecule has 0 aromatic carbocycles. The number of aryl methyl sites for hydroxylation is 1. The molecule has 1 fully saturated rings. The van der Waals surface area contributed by atoms with Gasteiger partial charge in [-0.3, -0.25) is 9.78 Å². The molecule has 1 unspecified atom stereocenters. The van der Waals surface area contributed by atoms with E-state index in [-0.39, 0.29) is 18.4 Å². The first-order chi connectivity index (χ1) is 10.7. The van der Waals surface area contributed by atoms with Gasteiger partial charge in [-0.05, 0) is 19.8 Å². The van der Waals surface area contributed by atoms with E-state index in [1.54, 1.807) is 24.7 Å². The number of aromatic nitrogens is 3. The second-order valence-electron chi connectivity index (χ2n) is 5.53. The maximum absolute atomic E-state index is 12.1. The third kappa shape index (κ3) is 3.60. The van der Waals surface area contributed by atoms with Gasteiger partial charge in [0.2, 0.25) is 5.91 Å². The normalized spacial score (nSPS) is 18.2. The standard InChI is InChI=1S/C15H19N5O2/c1-11-7-13(22-19-11)8-15(21)18-12-3-2-6-20(10-12)14-9-16-4-5-17-14/h4-5,7,9,12H,2-3,6,8,10H2,1H3,(H,18,21). The monoisotopic (exact) mass is 301 g/mol. The van der Waals surface area contributed by atoms with Crippen LogP contribution >= 0.6 is 0 Å². The van der Waals surface area contributed by atoms with Crippen molar-refractivity contribution in [2.45, 2.75) is 32.2 Å². The Labute approximate surface area is 128 Å². The lowest BCUT2D eigenvalue weighted by Gasteiger charge is -2.33. The topological polar surface area (TPSA) is 84.2 Å². The first-order valence-corrected chi connectivity index (χ1v) is 7.43. The molecular weight excluding hydrogens is 282 g/mol. The Morgan fingerprint density at radius 2 is 2.41 bits per heavy atom. The van der Waals surface area contributed by atoms with Crippen molar-refractivity contribution in [2.75, 3.05) is 18.0 Å². The van der Waals surface area contributed by atoms with Crippen LogP contribution < -0.4 is 10.2 Å². The lowest BCUT2D eigenvalue weighted by Crippen LogP contribution is -2.48. The average molecular weight is 301 g/mol. The van der Waals surface area contributed by atoms with E-state index in [4.69, 9.17) is 4.52 Å². The summed E-state index contributed by atoms with van der Waals surface area (Å²) in [5.41, 5.74) is 0.786. The van der Waals surface area contributed by atoms with Gasteiger partial charge in [0.15, 0.2) is 0 Å². The van der Waals surface area contributed by atoms with Gasteiger partial charge in [-0.15, -0.1) is 0 Å². The summed E-state index contributed by atoms with van der Waals surface area (Å²) < 4.78 is 5.08. The van der Waals surface area contributed by atoms with Crippen molar-refractivity contribution in [3.63, 3.8) is 0 Å². The number of nitrogens with one attached hydrogen (secondary N) is 1. The van der Waals surface area contributed by atoms with Gasteiger partial charge < -0.3 is 14.7 Å². The fourth-order valence-corrected chi connectivity index (χ4v) is 2.69. The molecule has 1 saturated heterocycles. The molecule has 0 radical (unpaired) electrons. The molecule has 116 valence electrons. The zero-order valence-electron chi connectivity index (χ0n) is 12.5. The van der Waals surface area contributed by atoms with Gasteiger partial charge in [0.05, 0.1) is 18.3 Å². The molecule has 1 amide bonds. The second-order valence-corrected chi connectivity index (χ2v) is 5.53. The van der Waals surface area contributed by atoms with E-state index >= 15 is 0 Å². The van der Waals surface area contributed by atoms with Crippen molar-refractivity contribution in [2.24, 2.45) is 0 Å². The number of nitrogens with zero attached hydrogens (tertiary/aromatic N) is 4. The fraction of sp³-hybridized carbons (Fsp3) is 0.467. The highest BCUT2D eigenvalue weighted by Gasteiger charge is 2.22. The van der Waals surface area contributed by atoms with Crippen molar-refractivity contribution < 1.29 is 9.32 Å². The van der Waals surface area contributed by atoms with Crippen molar-refractivity contribution >= 4 is 11.7 Å². The van der Waals surface area contributed by atoms with Crippen LogP contribution in [0.25, 0.3) is 0 Å². The number of rotatable bonds is 4. The number of anilines is 1. The molecular formula is C15H19N5O2. The van der Waals surface area contributed by atoms with E-state index in [2.05, 4.69) is 25.3 Å². The van der Waals surface area contributed by atoms with E-state index in [9.17, 15) is 4.79 Å². The zero-order chi connectivity index (χ0) is 15.4. The molecule has 1 aliphatic heterocycles. The smallest absolute Gasteiger partial charge is 0.228 e. The average Bonchev–Trinajstić information content (AvgIpc) is 2.93. The molecule has 1 atom stereocenters. The summed E-state index contributed by atoms with van der Waals surface area (Å²) in [6.45, 7) is 3.52. The predicted molar refractivity (Wildman–Crippen MR) is 80.4 cm³/mol. The summed E-state index contributed by atoms with van der Waals surface area (Å²) in [6.07, 6.45) is 7.31. The summed E-state index contributed by atoms with van der Waals surface area (Å²) in [7, 11) is 0. The summed E-state index contributed by atoms with van der Waals surface area (Å²) in [6, 6.07) is 1.90. The molecule has 0 aliphatic carbocycles. The maximum Gasteiger partial charge on any atom is 0.228 e. The molecule has 0 saturated carbocycles. The molecule has 0 spiro atoms. The summed E-state index contributed by atoms with van der Waals surface area (Å²) in [4.78, 5) is 22.6. The minimum atomic E-state index is -0.0397. The van der Waals surface area contributed by atoms with Crippen molar-refractivity contribution in [3.8, 4) is 0 Å². The van der Waals surface area contributed by atoms with Crippen LogP contribution in [0.4, 0.5) is 5.82 Å². The van der Waals surface area contributed by atoms with Crippen LogP contribution in [0.5, 0.6) is 0 Å². The lowest BCUT2D eigenvalue weighted by molar-refractivity contribution is -0.121. The van der Waals surface area contributed by atoms with Crippen LogP contribution in [-0.4, -0.2) is 40.2 Å². The molecule has 7 heteroatoms. The molecule has 1 N–H and O–H groups in total. The highest BCUT2D eigenvalue weighted by molar-refractivity contribution is 5.78. The highest BCUT2D eigenvalue weighted by Crippen LogP contribution is 2.16. The Hall–Kier alpha value is -2.44. The van der Waals surface area contributed by atoms with Gasteiger partial charge in [0, 0.05) is 37.6 Å². The maximum atomic E-state index is 12.1. The minimum absolute atomic E-state index is 0.0397. The molecule has 2 aromatic rings. The summed E-state index contributed by atoms with van der Waals surface area (Å²) in [5.74, 6) is 1.41. The van der Waals surface area contributed by atoms with E-state index in [1.165, 1.54) is 0 Å².